The number of aryl methyl sites for hydroxylation is 3. The van der Waals surface area contributed by atoms with Gasteiger partial charge in [0.25, 0.3) is 0 Å². The smallest absolute Gasteiger partial charge is 0.138 e. The van der Waals surface area contributed by atoms with Crippen LogP contribution in [0.25, 0.3) is 22.6 Å². The highest BCUT2D eigenvalue weighted by Gasteiger charge is 2.20. The minimum absolute atomic E-state index is 0.766. The number of hydrogen-bond acceptors (Lipinski definition) is 3. The summed E-state index contributed by atoms with van der Waals surface area (Å²) in [4.78, 5) is 14.1. The van der Waals surface area contributed by atoms with Crippen LogP contribution in [0, 0.1) is 13.8 Å². The Labute approximate surface area is 187 Å². The maximum atomic E-state index is 5.01. The number of hydrogen-bond donors (Lipinski definition) is 0. The van der Waals surface area contributed by atoms with Gasteiger partial charge in [-0.25, -0.2) is 15.0 Å². The summed E-state index contributed by atoms with van der Waals surface area (Å²) < 4.78 is 2.15. The zero-order valence-corrected chi connectivity index (χ0v) is 20.3. The Hall–Kier alpha value is -3.01. The van der Waals surface area contributed by atoms with Crippen molar-refractivity contribution in [3.63, 3.8) is 0 Å². The second kappa shape index (κ2) is 11.4. The lowest BCUT2D eigenvalue weighted by Gasteiger charge is -2.09. The minimum Gasteiger partial charge on any atom is -0.298 e. The number of allylic oxidation sites excluding steroid dienone is 6. The molecule has 4 heteroatoms. The summed E-state index contributed by atoms with van der Waals surface area (Å²) in [5, 5.41) is 0. The van der Waals surface area contributed by atoms with E-state index in [1.807, 2.05) is 40.8 Å². The third kappa shape index (κ3) is 5.38. The summed E-state index contributed by atoms with van der Waals surface area (Å²) in [6.45, 7) is 16.3. The molecule has 0 atom stereocenters. The molecule has 0 amide bonds. The fourth-order valence-corrected chi connectivity index (χ4v) is 3.39. The van der Waals surface area contributed by atoms with Gasteiger partial charge in [-0.15, -0.1) is 0 Å². The number of aromatic nitrogens is 4. The average Bonchev–Trinajstić information content (AvgIpc) is 3.04. The molecule has 0 radical (unpaired) electrons. The van der Waals surface area contributed by atoms with Gasteiger partial charge >= 0.3 is 0 Å². The van der Waals surface area contributed by atoms with Crippen LogP contribution in [0.15, 0.2) is 54.4 Å². The Bertz CT molecular complexity index is 1110. The highest BCUT2D eigenvalue weighted by molar-refractivity contribution is 5.85. The number of pyridine rings is 1. The van der Waals surface area contributed by atoms with Crippen molar-refractivity contribution in [2.45, 2.75) is 68.2 Å². The molecule has 0 aromatic carbocycles. The first-order valence-corrected chi connectivity index (χ1v) is 11.4. The van der Waals surface area contributed by atoms with Crippen molar-refractivity contribution in [1.29, 1.82) is 0 Å². The Morgan fingerprint density at radius 2 is 1.71 bits per heavy atom. The molecule has 0 spiro atoms. The molecule has 0 aliphatic heterocycles. The monoisotopic (exact) mass is 416 g/mol. The van der Waals surface area contributed by atoms with Crippen molar-refractivity contribution in [3.8, 4) is 11.4 Å². The van der Waals surface area contributed by atoms with E-state index in [1.54, 1.807) is 0 Å². The van der Waals surface area contributed by atoms with Crippen LogP contribution in [0.1, 0.15) is 70.6 Å². The number of rotatable bonds is 3. The minimum atomic E-state index is 0.766. The third-order valence-electron chi connectivity index (χ3n) is 4.97. The van der Waals surface area contributed by atoms with Crippen LogP contribution in [0.5, 0.6) is 0 Å². The Morgan fingerprint density at radius 3 is 2.42 bits per heavy atom. The summed E-state index contributed by atoms with van der Waals surface area (Å²) >= 11 is 0. The van der Waals surface area contributed by atoms with E-state index in [4.69, 9.17) is 9.97 Å². The van der Waals surface area contributed by atoms with E-state index in [-0.39, 0.29) is 0 Å². The molecule has 1 aliphatic rings. The first-order valence-electron chi connectivity index (χ1n) is 11.4. The van der Waals surface area contributed by atoms with Gasteiger partial charge in [0.1, 0.15) is 11.5 Å². The van der Waals surface area contributed by atoms with Crippen molar-refractivity contribution in [1.82, 2.24) is 19.4 Å². The van der Waals surface area contributed by atoms with E-state index in [0.29, 0.717) is 0 Å². The molecule has 0 bridgehead atoms. The molecule has 0 N–H and O–H groups in total. The highest BCUT2D eigenvalue weighted by Crippen LogP contribution is 2.32. The lowest BCUT2D eigenvalue weighted by molar-refractivity contribution is 1.02. The van der Waals surface area contributed by atoms with Crippen molar-refractivity contribution in [2.24, 2.45) is 0 Å². The molecular formula is C27H36N4. The number of nitrogens with zero attached hydrogens (tertiary/aromatic N) is 4. The van der Waals surface area contributed by atoms with E-state index in [1.165, 1.54) is 11.1 Å². The zero-order chi connectivity index (χ0) is 23.0. The first-order chi connectivity index (χ1) is 15.1. The quantitative estimate of drug-likeness (QED) is 0.449. The van der Waals surface area contributed by atoms with Gasteiger partial charge in [-0.1, -0.05) is 64.5 Å². The average molecular weight is 417 g/mol. The molecule has 0 fully saturated rings. The topological polar surface area (TPSA) is 43.1 Å². The first kappa shape index (κ1) is 24.3. The van der Waals surface area contributed by atoms with Crippen molar-refractivity contribution >= 4 is 11.2 Å². The summed E-state index contributed by atoms with van der Waals surface area (Å²) in [5.74, 6) is 0.766. The second-order valence-corrected chi connectivity index (χ2v) is 7.12. The van der Waals surface area contributed by atoms with E-state index in [2.05, 4.69) is 72.8 Å². The van der Waals surface area contributed by atoms with Gasteiger partial charge in [0.2, 0.25) is 0 Å². The Kier molecular flexibility index (Phi) is 8.92. The Balaban J connectivity index is 0.000000807. The fourth-order valence-electron chi connectivity index (χ4n) is 3.39. The summed E-state index contributed by atoms with van der Waals surface area (Å²) in [5.41, 5.74) is 8.66. The number of imidazole rings is 1. The van der Waals surface area contributed by atoms with Crippen LogP contribution >= 0.6 is 0 Å². The third-order valence-corrected chi connectivity index (χ3v) is 4.97. The van der Waals surface area contributed by atoms with Gasteiger partial charge in [-0.3, -0.25) is 4.40 Å². The van der Waals surface area contributed by atoms with E-state index in [9.17, 15) is 0 Å². The van der Waals surface area contributed by atoms with Crippen molar-refractivity contribution < 1.29 is 0 Å². The maximum absolute atomic E-state index is 5.01. The van der Waals surface area contributed by atoms with Gasteiger partial charge in [-0.05, 0) is 56.9 Å². The van der Waals surface area contributed by atoms with Crippen LogP contribution in [0.2, 0.25) is 0 Å². The van der Waals surface area contributed by atoms with Gasteiger partial charge in [0, 0.05) is 18.0 Å². The summed E-state index contributed by atoms with van der Waals surface area (Å²) in [7, 11) is 0. The molecule has 3 heterocycles. The van der Waals surface area contributed by atoms with Crippen molar-refractivity contribution in [2.75, 3.05) is 0 Å². The largest absolute Gasteiger partial charge is 0.298 e. The van der Waals surface area contributed by atoms with Gasteiger partial charge < -0.3 is 0 Å². The molecule has 164 valence electrons. The normalized spacial score (nSPS) is 12.8. The molecule has 4 rings (SSSR count). The summed E-state index contributed by atoms with van der Waals surface area (Å²) in [6.07, 6.45) is 14.7. The van der Waals surface area contributed by atoms with Gasteiger partial charge in [0.15, 0.2) is 0 Å². The van der Waals surface area contributed by atoms with Crippen molar-refractivity contribution in [3.05, 3.63) is 77.0 Å². The molecular weight excluding hydrogens is 380 g/mol. The SMILES string of the molecule is CC.CC.CCc1ccn2c(-c3nc(C)ncc3C)c(C3=CC=C(C)CC=C3)nc2c1. The Morgan fingerprint density at radius 1 is 0.968 bits per heavy atom. The van der Waals surface area contributed by atoms with E-state index in [0.717, 1.165) is 52.5 Å². The fraction of sp³-hybridized carbons (Fsp3) is 0.370. The second-order valence-electron chi connectivity index (χ2n) is 7.12. The molecule has 0 saturated heterocycles. The van der Waals surface area contributed by atoms with Crippen LogP contribution in [-0.2, 0) is 6.42 Å². The molecule has 4 nitrogen and oxygen atoms in total. The molecule has 3 aromatic rings. The predicted molar refractivity (Wildman–Crippen MR) is 133 cm³/mol. The lowest BCUT2D eigenvalue weighted by atomic mass is 10.1. The molecule has 0 unspecified atom stereocenters. The van der Waals surface area contributed by atoms with Crippen LogP contribution < -0.4 is 0 Å². The number of fused-ring (bicyclic) bond motifs is 1. The van der Waals surface area contributed by atoms with Crippen LogP contribution in [0.3, 0.4) is 0 Å². The van der Waals surface area contributed by atoms with Crippen LogP contribution in [-0.4, -0.2) is 19.4 Å². The maximum Gasteiger partial charge on any atom is 0.138 e. The molecule has 1 aliphatic carbocycles. The van der Waals surface area contributed by atoms with Gasteiger partial charge in [0.05, 0.1) is 17.1 Å². The summed E-state index contributed by atoms with van der Waals surface area (Å²) in [6, 6.07) is 4.32. The van der Waals surface area contributed by atoms with Crippen LogP contribution in [0.4, 0.5) is 0 Å². The molecule has 0 saturated carbocycles. The molecule has 31 heavy (non-hydrogen) atoms. The van der Waals surface area contributed by atoms with E-state index >= 15 is 0 Å². The predicted octanol–water partition coefficient (Wildman–Crippen LogP) is 7.31. The highest BCUT2D eigenvalue weighted by atomic mass is 15.0. The molecule has 3 aromatic heterocycles. The zero-order valence-electron chi connectivity index (χ0n) is 20.3. The van der Waals surface area contributed by atoms with E-state index < -0.39 is 0 Å². The lowest BCUT2D eigenvalue weighted by Crippen LogP contribution is -1.99. The van der Waals surface area contributed by atoms with Gasteiger partial charge in [-0.2, -0.15) is 0 Å². The standard InChI is InChI=1S/C23H24N4.2C2H6/c1-5-18-11-12-27-20(13-18)26-22(19-8-6-7-15(2)9-10-19)23(27)21-16(3)14-24-17(4)25-21;2*1-2/h6,8-14H,5,7H2,1-4H3;2*1-2H3.